The second-order valence-corrected chi connectivity index (χ2v) is 4.08. The van der Waals surface area contributed by atoms with Crippen LogP contribution in [0.5, 0.6) is 5.88 Å². The molecule has 0 saturated heterocycles. The number of H-pyrrole nitrogens is 1. The smallest absolute Gasteiger partial charge is 0.245 e. The van der Waals surface area contributed by atoms with Gasteiger partial charge in [0.2, 0.25) is 11.5 Å². The average molecular weight is 255 g/mol. The lowest BCUT2D eigenvalue weighted by molar-refractivity contribution is 0.308. The largest absolute Gasteiger partial charge is 0.476 e. The van der Waals surface area contributed by atoms with Gasteiger partial charge in [0.25, 0.3) is 0 Å². The minimum absolute atomic E-state index is 0.496. The Hall–Kier alpha value is -2.50. The van der Waals surface area contributed by atoms with E-state index in [1.807, 2.05) is 37.3 Å². The lowest BCUT2D eigenvalue weighted by Gasteiger charge is -2.06. The van der Waals surface area contributed by atoms with Crippen LogP contribution in [0.2, 0.25) is 0 Å². The Balaban J connectivity index is 2.11. The quantitative estimate of drug-likeness (QED) is 0.773. The van der Waals surface area contributed by atoms with Crippen molar-refractivity contribution in [3.8, 4) is 17.3 Å². The highest BCUT2D eigenvalue weighted by Crippen LogP contribution is 2.23. The maximum Gasteiger partial charge on any atom is 0.245 e. The minimum atomic E-state index is 0.496. The molecule has 6 nitrogen and oxygen atoms in total. The molecule has 0 atom stereocenters. The molecular weight excluding hydrogens is 242 g/mol. The number of aromatic nitrogens is 5. The summed E-state index contributed by atoms with van der Waals surface area (Å²) in [5.74, 6) is 1.09. The molecule has 0 unspecified atom stereocenters. The van der Waals surface area contributed by atoms with Crippen LogP contribution in [0.1, 0.15) is 13.3 Å². The SMILES string of the molecule is CCCOc1nc(-c2ccccc2)nc2nn[nH]c12. The molecule has 0 amide bonds. The molecule has 2 aromatic heterocycles. The lowest BCUT2D eigenvalue weighted by Crippen LogP contribution is -2.01. The van der Waals surface area contributed by atoms with Crippen LogP contribution in [0.15, 0.2) is 30.3 Å². The number of hydrogen-bond acceptors (Lipinski definition) is 5. The molecule has 1 aromatic carbocycles. The van der Waals surface area contributed by atoms with Crippen molar-refractivity contribution < 1.29 is 4.74 Å². The van der Waals surface area contributed by atoms with Crippen molar-refractivity contribution in [1.29, 1.82) is 0 Å². The Morgan fingerprint density at radius 2 is 2.00 bits per heavy atom. The average Bonchev–Trinajstić information content (AvgIpc) is 2.94. The van der Waals surface area contributed by atoms with E-state index in [9.17, 15) is 0 Å². The van der Waals surface area contributed by atoms with E-state index in [-0.39, 0.29) is 0 Å². The van der Waals surface area contributed by atoms with Crippen LogP contribution in [0.25, 0.3) is 22.6 Å². The van der Waals surface area contributed by atoms with Crippen LogP contribution in [0.3, 0.4) is 0 Å². The van der Waals surface area contributed by atoms with Gasteiger partial charge in [-0.3, -0.25) is 5.10 Å². The molecule has 6 heteroatoms. The number of aromatic amines is 1. The summed E-state index contributed by atoms with van der Waals surface area (Å²) in [5, 5.41) is 10.4. The zero-order valence-corrected chi connectivity index (χ0v) is 10.5. The molecule has 0 fully saturated rings. The topological polar surface area (TPSA) is 76.6 Å². The van der Waals surface area contributed by atoms with Crippen molar-refractivity contribution in [3.05, 3.63) is 30.3 Å². The number of nitrogens with one attached hydrogen (secondary N) is 1. The van der Waals surface area contributed by atoms with Crippen LogP contribution in [0.4, 0.5) is 0 Å². The highest BCUT2D eigenvalue weighted by molar-refractivity contribution is 5.77. The molecule has 0 saturated carbocycles. The van der Waals surface area contributed by atoms with Crippen molar-refractivity contribution in [2.75, 3.05) is 6.61 Å². The molecule has 0 aliphatic carbocycles. The summed E-state index contributed by atoms with van der Waals surface area (Å²) in [6.45, 7) is 2.64. The molecule has 0 aliphatic heterocycles. The monoisotopic (exact) mass is 255 g/mol. The van der Waals surface area contributed by atoms with Crippen LogP contribution >= 0.6 is 0 Å². The van der Waals surface area contributed by atoms with Gasteiger partial charge in [-0.1, -0.05) is 42.5 Å². The molecule has 0 radical (unpaired) electrons. The van der Waals surface area contributed by atoms with Crippen molar-refractivity contribution in [1.82, 2.24) is 25.4 Å². The first-order valence-corrected chi connectivity index (χ1v) is 6.15. The third kappa shape index (κ3) is 2.24. The summed E-state index contributed by atoms with van der Waals surface area (Å²) in [4.78, 5) is 8.81. The van der Waals surface area contributed by atoms with Crippen LogP contribution < -0.4 is 4.74 Å². The van der Waals surface area contributed by atoms with E-state index < -0.39 is 0 Å². The summed E-state index contributed by atoms with van der Waals surface area (Å²) >= 11 is 0. The highest BCUT2D eigenvalue weighted by Gasteiger charge is 2.12. The Kier molecular flexibility index (Phi) is 3.06. The maximum absolute atomic E-state index is 5.63. The summed E-state index contributed by atoms with van der Waals surface area (Å²) in [6, 6.07) is 9.73. The van der Waals surface area contributed by atoms with E-state index in [0.717, 1.165) is 12.0 Å². The Bertz CT molecular complexity index is 680. The number of rotatable bonds is 4. The summed E-state index contributed by atoms with van der Waals surface area (Å²) in [5.41, 5.74) is 2.07. The normalized spacial score (nSPS) is 10.8. The van der Waals surface area contributed by atoms with E-state index in [0.29, 0.717) is 29.5 Å². The van der Waals surface area contributed by atoms with E-state index in [4.69, 9.17) is 4.74 Å². The molecule has 2 heterocycles. The van der Waals surface area contributed by atoms with Gasteiger partial charge in [-0.05, 0) is 6.42 Å². The summed E-state index contributed by atoms with van der Waals surface area (Å²) in [6.07, 6.45) is 0.910. The second-order valence-electron chi connectivity index (χ2n) is 4.08. The molecule has 3 rings (SSSR count). The van der Waals surface area contributed by atoms with Gasteiger partial charge in [0.15, 0.2) is 11.3 Å². The van der Waals surface area contributed by atoms with Crippen LogP contribution in [0, 0.1) is 0 Å². The number of hydrogen-bond donors (Lipinski definition) is 1. The molecule has 3 aromatic rings. The molecule has 0 spiro atoms. The van der Waals surface area contributed by atoms with Crippen molar-refractivity contribution in [2.24, 2.45) is 0 Å². The third-order valence-corrected chi connectivity index (χ3v) is 2.64. The fraction of sp³-hybridized carbons (Fsp3) is 0.231. The van der Waals surface area contributed by atoms with E-state index in [2.05, 4.69) is 25.4 Å². The first-order chi connectivity index (χ1) is 9.38. The number of benzene rings is 1. The van der Waals surface area contributed by atoms with E-state index in [1.54, 1.807) is 0 Å². The molecule has 96 valence electrons. The number of nitrogens with zero attached hydrogens (tertiary/aromatic N) is 4. The standard InChI is InChI=1S/C13H13N5O/c1-2-8-19-13-10-12(17-18-16-10)14-11(15-13)9-6-4-3-5-7-9/h3-7H,2,8H2,1H3,(H,14,15,16,17,18). The van der Waals surface area contributed by atoms with Gasteiger partial charge in [0.1, 0.15) is 0 Å². The van der Waals surface area contributed by atoms with E-state index >= 15 is 0 Å². The van der Waals surface area contributed by atoms with Gasteiger partial charge in [0, 0.05) is 5.56 Å². The molecular formula is C13H13N5O. The molecule has 0 aliphatic rings. The minimum Gasteiger partial charge on any atom is -0.476 e. The maximum atomic E-state index is 5.63. The second kappa shape index (κ2) is 5.01. The van der Waals surface area contributed by atoms with Crippen molar-refractivity contribution in [3.63, 3.8) is 0 Å². The van der Waals surface area contributed by atoms with Gasteiger partial charge in [-0.2, -0.15) is 4.98 Å². The number of ether oxygens (including phenoxy) is 1. The van der Waals surface area contributed by atoms with Crippen molar-refractivity contribution >= 4 is 11.2 Å². The Morgan fingerprint density at radius 3 is 2.79 bits per heavy atom. The third-order valence-electron chi connectivity index (χ3n) is 2.64. The van der Waals surface area contributed by atoms with Crippen LogP contribution in [-0.4, -0.2) is 32.0 Å². The Morgan fingerprint density at radius 1 is 1.16 bits per heavy atom. The fourth-order valence-electron chi connectivity index (χ4n) is 1.74. The number of fused-ring (bicyclic) bond motifs is 1. The van der Waals surface area contributed by atoms with Crippen molar-refractivity contribution in [2.45, 2.75) is 13.3 Å². The highest BCUT2D eigenvalue weighted by atomic mass is 16.5. The zero-order valence-electron chi connectivity index (χ0n) is 10.5. The molecule has 19 heavy (non-hydrogen) atoms. The zero-order chi connectivity index (χ0) is 13.1. The Labute approximate surface area is 109 Å². The van der Waals surface area contributed by atoms with Gasteiger partial charge < -0.3 is 4.74 Å². The fourth-order valence-corrected chi connectivity index (χ4v) is 1.74. The van der Waals surface area contributed by atoms with Crippen LogP contribution in [-0.2, 0) is 0 Å². The predicted molar refractivity (Wildman–Crippen MR) is 70.7 cm³/mol. The summed E-state index contributed by atoms with van der Waals surface area (Å²) < 4.78 is 5.63. The first-order valence-electron chi connectivity index (χ1n) is 6.15. The van der Waals surface area contributed by atoms with Gasteiger partial charge >= 0.3 is 0 Å². The van der Waals surface area contributed by atoms with Gasteiger partial charge in [-0.25, -0.2) is 4.98 Å². The first kappa shape index (κ1) is 11.6. The molecule has 0 bridgehead atoms. The lowest BCUT2D eigenvalue weighted by atomic mass is 10.2. The summed E-state index contributed by atoms with van der Waals surface area (Å²) in [7, 11) is 0. The van der Waals surface area contributed by atoms with Gasteiger partial charge in [-0.15, -0.1) is 5.10 Å². The predicted octanol–water partition coefficient (Wildman–Crippen LogP) is 2.20. The molecule has 1 N–H and O–H groups in total. The van der Waals surface area contributed by atoms with E-state index in [1.165, 1.54) is 0 Å². The van der Waals surface area contributed by atoms with Gasteiger partial charge in [0.05, 0.1) is 6.61 Å².